The van der Waals surface area contributed by atoms with E-state index in [1.165, 1.54) is 212 Å². The number of unbranched alkanes of at least 4 members (excludes halogenated alkanes) is 48. The maximum absolute atomic E-state index is 13.1. The molecule has 0 amide bonds. The second-order valence-electron chi connectivity index (χ2n) is 27.9. The monoisotopic (exact) mass is 1400 g/mol. The minimum absolute atomic E-state index is 0.104. The minimum Gasteiger partial charge on any atom is -0.462 e. The summed E-state index contributed by atoms with van der Waals surface area (Å²) in [5.74, 6) is -1.43. The van der Waals surface area contributed by atoms with Crippen molar-refractivity contribution in [2.24, 2.45) is 5.92 Å². The Morgan fingerprint density at radius 1 is 0.284 bits per heavy atom. The lowest BCUT2D eigenvalue weighted by Gasteiger charge is -2.21. The van der Waals surface area contributed by atoms with Crippen molar-refractivity contribution in [3.05, 3.63) is 0 Å². The first kappa shape index (κ1) is 93.1. The quantitative estimate of drug-likeness (QED) is 0.0222. The molecule has 564 valence electrons. The van der Waals surface area contributed by atoms with Gasteiger partial charge >= 0.3 is 39.5 Å². The van der Waals surface area contributed by atoms with Gasteiger partial charge in [-0.25, -0.2) is 9.13 Å². The highest BCUT2D eigenvalue weighted by molar-refractivity contribution is 7.47. The fourth-order valence-electron chi connectivity index (χ4n) is 11.7. The van der Waals surface area contributed by atoms with E-state index in [2.05, 4.69) is 34.6 Å². The molecule has 5 atom stereocenters. The van der Waals surface area contributed by atoms with Crippen LogP contribution in [-0.4, -0.2) is 96.7 Å². The van der Waals surface area contributed by atoms with Crippen molar-refractivity contribution in [1.82, 2.24) is 0 Å². The van der Waals surface area contributed by atoms with Crippen molar-refractivity contribution in [3.8, 4) is 0 Å². The van der Waals surface area contributed by atoms with Gasteiger partial charge < -0.3 is 33.8 Å². The molecule has 19 heteroatoms. The lowest BCUT2D eigenvalue weighted by atomic mass is 10.0. The van der Waals surface area contributed by atoms with E-state index in [9.17, 15) is 43.2 Å². The van der Waals surface area contributed by atoms with Crippen LogP contribution in [0.15, 0.2) is 0 Å². The number of esters is 4. The molecular formula is C76H148O17P2. The van der Waals surface area contributed by atoms with Gasteiger partial charge in [0.05, 0.1) is 26.4 Å². The van der Waals surface area contributed by atoms with Crippen LogP contribution < -0.4 is 0 Å². The summed E-state index contributed by atoms with van der Waals surface area (Å²) in [5, 5.41) is 10.6. The molecule has 0 saturated carbocycles. The van der Waals surface area contributed by atoms with Gasteiger partial charge in [0.2, 0.25) is 0 Å². The third-order valence-electron chi connectivity index (χ3n) is 17.8. The summed E-state index contributed by atoms with van der Waals surface area (Å²) in [6, 6.07) is 0. The summed E-state index contributed by atoms with van der Waals surface area (Å²) in [6.45, 7) is 7.18. The largest absolute Gasteiger partial charge is 0.472 e. The van der Waals surface area contributed by atoms with Crippen molar-refractivity contribution in [2.75, 3.05) is 39.6 Å². The van der Waals surface area contributed by atoms with Gasteiger partial charge in [0.25, 0.3) is 0 Å². The fourth-order valence-corrected chi connectivity index (χ4v) is 13.3. The van der Waals surface area contributed by atoms with E-state index >= 15 is 0 Å². The second kappa shape index (κ2) is 69.2. The molecular weight excluding hydrogens is 1250 g/mol. The number of phosphoric acid groups is 2. The SMILES string of the molecule is CCCCCCCCCCCCCCCCCCCCCCC(=O)O[C@H](COC(=O)CCCCCCCCCCCCCCCCCCCC)COP(=O)(O)OC[C@@H](O)COP(=O)(O)OC[C@@H](COC(=O)CCCCCCCCC)OC(=O)CCCCCCCCCC(C)C. The molecule has 0 aliphatic heterocycles. The molecule has 0 aromatic heterocycles. The summed E-state index contributed by atoms with van der Waals surface area (Å²) >= 11 is 0. The van der Waals surface area contributed by atoms with Crippen LogP contribution in [0.5, 0.6) is 0 Å². The van der Waals surface area contributed by atoms with Crippen LogP contribution in [0.3, 0.4) is 0 Å². The zero-order valence-corrected chi connectivity index (χ0v) is 63.6. The maximum atomic E-state index is 13.1. The molecule has 17 nitrogen and oxygen atoms in total. The average Bonchev–Trinajstić information content (AvgIpc) is 1.50. The Kier molecular flexibility index (Phi) is 67.7. The zero-order chi connectivity index (χ0) is 69.8. The Balaban J connectivity index is 5.15. The van der Waals surface area contributed by atoms with E-state index in [0.717, 1.165) is 103 Å². The van der Waals surface area contributed by atoms with Crippen molar-refractivity contribution in [2.45, 2.75) is 419 Å². The third kappa shape index (κ3) is 70.3. The summed E-state index contributed by atoms with van der Waals surface area (Å²) in [5.41, 5.74) is 0. The first-order valence-corrected chi connectivity index (χ1v) is 42.6. The first-order valence-electron chi connectivity index (χ1n) is 39.6. The molecule has 0 spiro atoms. The van der Waals surface area contributed by atoms with E-state index in [-0.39, 0.29) is 25.7 Å². The van der Waals surface area contributed by atoms with E-state index in [1.54, 1.807) is 0 Å². The summed E-state index contributed by atoms with van der Waals surface area (Å²) in [4.78, 5) is 72.6. The molecule has 3 N–H and O–H groups in total. The summed E-state index contributed by atoms with van der Waals surface area (Å²) in [7, 11) is -9.90. The third-order valence-corrected chi connectivity index (χ3v) is 19.7. The van der Waals surface area contributed by atoms with Gasteiger partial charge in [-0.2, -0.15) is 0 Å². The number of hydrogen-bond donors (Lipinski definition) is 3. The summed E-state index contributed by atoms with van der Waals surface area (Å²) in [6.07, 6.45) is 58.7. The van der Waals surface area contributed by atoms with E-state index in [0.29, 0.717) is 31.6 Å². The van der Waals surface area contributed by atoms with Crippen molar-refractivity contribution in [3.63, 3.8) is 0 Å². The van der Waals surface area contributed by atoms with Gasteiger partial charge in [0.1, 0.15) is 19.3 Å². The second-order valence-corrected chi connectivity index (χ2v) is 30.8. The molecule has 0 aliphatic rings. The van der Waals surface area contributed by atoms with Crippen LogP contribution in [0.4, 0.5) is 0 Å². The Morgan fingerprint density at radius 2 is 0.484 bits per heavy atom. The van der Waals surface area contributed by atoms with E-state index in [1.807, 2.05) is 0 Å². The maximum Gasteiger partial charge on any atom is 0.472 e. The van der Waals surface area contributed by atoms with Crippen LogP contribution in [-0.2, 0) is 65.4 Å². The zero-order valence-electron chi connectivity index (χ0n) is 61.8. The number of ether oxygens (including phenoxy) is 4. The molecule has 0 aliphatic carbocycles. The molecule has 0 rings (SSSR count). The van der Waals surface area contributed by atoms with Gasteiger partial charge in [0, 0.05) is 25.7 Å². The van der Waals surface area contributed by atoms with Gasteiger partial charge in [0.15, 0.2) is 12.2 Å². The molecule has 95 heavy (non-hydrogen) atoms. The highest BCUT2D eigenvalue weighted by atomic mass is 31.2. The predicted octanol–water partition coefficient (Wildman–Crippen LogP) is 22.5. The van der Waals surface area contributed by atoms with Crippen LogP contribution in [0.25, 0.3) is 0 Å². The predicted molar refractivity (Wildman–Crippen MR) is 386 cm³/mol. The first-order chi connectivity index (χ1) is 46.0. The lowest BCUT2D eigenvalue weighted by molar-refractivity contribution is -0.161. The number of aliphatic hydroxyl groups excluding tert-OH is 1. The number of carbonyl (C=O) groups excluding carboxylic acids is 4. The lowest BCUT2D eigenvalue weighted by Crippen LogP contribution is -2.30. The molecule has 0 heterocycles. The average molecular weight is 1400 g/mol. The van der Waals surface area contributed by atoms with Crippen LogP contribution >= 0.6 is 15.6 Å². The minimum atomic E-state index is -4.96. The van der Waals surface area contributed by atoms with Crippen LogP contribution in [0.2, 0.25) is 0 Å². The van der Waals surface area contributed by atoms with Crippen molar-refractivity contribution in [1.29, 1.82) is 0 Å². The smallest absolute Gasteiger partial charge is 0.462 e. The van der Waals surface area contributed by atoms with Gasteiger partial charge in [-0.3, -0.25) is 37.3 Å². The van der Waals surface area contributed by atoms with Gasteiger partial charge in [-0.05, 0) is 31.6 Å². The normalized spacial score (nSPS) is 13.9. The Morgan fingerprint density at radius 3 is 0.716 bits per heavy atom. The summed E-state index contributed by atoms with van der Waals surface area (Å²) < 4.78 is 68.4. The standard InChI is InChI=1S/C76H148O17P2/c1-6-9-12-15-18-20-22-24-26-28-30-31-33-35-37-39-41-46-51-56-61-75(80)92-72(66-87-74(79)60-55-50-45-40-38-36-34-32-29-27-25-23-21-19-16-13-10-7-2)68-91-95(84,85)89-64-70(77)63-88-94(82,83)90-67-71(65-86-73(78)59-54-49-43-17-14-11-8-3)93-76(81)62-57-52-47-42-44-48-53-58-69(4)5/h69-72,77H,6-68H2,1-5H3,(H,82,83)(H,84,85)/t70-,71+,72+/m0/s1. The van der Waals surface area contributed by atoms with Crippen molar-refractivity contribution < 1.29 is 80.2 Å². The Bertz CT molecular complexity index is 1820. The molecule has 0 radical (unpaired) electrons. The van der Waals surface area contributed by atoms with Crippen LogP contribution in [0, 0.1) is 5.92 Å². The van der Waals surface area contributed by atoms with E-state index < -0.39 is 97.5 Å². The molecule has 0 fully saturated rings. The Labute approximate surface area is 581 Å². The molecule has 0 saturated heterocycles. The number of rotatable bonds is 76. The van der Waals surface area contributed by atoms with E-state index in [4.69, 9.17) is 37.0 Å². The number of aliphatic hydroxyl groups is 1. The number of phosphoric ester groups is 2. The highest BCUT2D eigenvalue weighted by Gasteiger charge is 2.30. The van der Waals surface area contributed by atoms with Crippen LogP contribution in [0.1, 0.15) is 401 Å². The van der Waals surface area contributed by atoms with Gasteiger partial charge in [-0.1, -0.05) is 349 Å². The molecule has 0 aromatic rings. The number of carbonyl (C=O) groups is 4. The molecule has 0 aromatic carbocycles. The topological polar surface area (TPSA) is 237 Å². The Hall–Kier alpha value is -1.94. The molecule has 2 unspecified atom stereocenters. The highest BCUT2D eigenvalue weighted by Crippen LogP contribution is 2.45. The van der Waals surface area contributed by atoms with Crippen molar-refractivity contribution >= 4 is 39.5 Å². The number of hydrogen-bond acceptors (Lipinski definition) is 15. The molecule has 0 bridgehead atoms. The van der Waals surface area contributed by atoms with Gasteiger partial charge in [-0.15, -0.1) is 0 Å². The fraction of sp³-hybridized carbons (Fsp3) is 0.947.